The van der Waals surface area contributed by atoms with Crippen LogP contribution in [0.4, 0.5) is 0 Å². The van der Waals surface area contributed by atoms with Crippen molar-refractivity contribution < 1.29 is 29.4 Å². The maximum Gasteiger partial charge on any atom is 2.00 e. The molecule has 0 radical (unpaired) electrons. The molecule has 0 aliphatic carbocycles. The molecular weight excluding hydrogens is 826 g/mol. The Morgan fingerprint density at radius 3 is 1.38 bits per heavy atom. The quantitative estimate of drug-likeness (QED) is 0.0571. The SMILES string of the molecule is CCCCCCCCCCCC1=C2C=CC(=N2)C(c2ccc(C=O)cc2)=C2C=CC(=N2)C(=c2ccc(=C[O-])cc2)C2=NC(=C(CCCCCCCCCCC)c3ccc1[n-]3)C=C2.[Zn+2]. The van der Waals surface area contributed by atoms with Crippen LogP contribution in [0.3, 0.4) is 0 Å². The van der Waals surface area contributed by atoms with E-state index in [0.29, 0.717) is 10.8 Å². The average molecular weight is 891 g/mol. The van der Waals surface area contributed by atoms with Crippen molar-refractivity contribution >= 4 is 52.0 Å². The van der Waals surface area contributed by atoms with Gasteiger partial charge in [-0.3, -0.25) is 4.79 Å². The molecule has 322 valence electrons. The van der Waals surface area contributed by atoms with Gasteiger partial charge in [-0.2, -0.15) is 0 Å². The van der Waals surface area contributed by atoms with Crippen LogP contribution in [0.15, 0.2) is 129 Å². The average Bonchev–Trinajstić information content (AvgIpc) is 4.16. The first kappa shape index (κ1) is 47.5. The van der Waals surface area contributed by atoms with Crippen molar-refractivity contribution in [1.82, 2.24) is 4.98 Å². The monoisotopic (exact) mass is 888 g/mol. The number of aromatic nitrogens is 1. The Kier molecular flexibility index (Phi) is 18.6. The zero-order valence-electron chi connectivity index (χ0n) is 37.8. The van der Waals surface area contributed by atoms with E-state index in [0.717, 1.165) is 106 Å². The number of aliphatic imine (C=N–C) groups is 3. The Morgan fingerprint density at radius 1 is 0.492 bits per heavy atom. The van der Waals surface area contributed by atoms with Gasteiger partial charge in [0.25, 0.3) is 0 Å². The second-order valence-corrected chi connectivity index (χ2v) is 17.2. The van der Waals surface area contributed by atoms with E-state index in [4.69, 9.17) is 20.0 Å². The first-order valence-corrected chi connectivity index (χ1v) is 23.7. The molecule has 0 N–H and O–H groups in total. The van der Waals surface area contributed by atoms with Crippen LogP contribution < -0.4 is 20.5 Å². The molecular formula is C56H64N4O2Zn. The topological polar surface area (TPSA) is 91.3 Å². The molecule has 8 bridgehead atoms. The smallest absolute Gasteiger partial charge is 0.877 e. The zero-order chi connectivity index (χ0) is 42.9. The Labute approximate surface area is 388 Å². The Bertz CT molecular complexity index is 2440. The van der Waals surface area contributed by atoms with Gasteiger partial charge in [0.15, 0.2) is 0 Å². The van der Waals surface area contributed by atoms with Gasteiger partial charge in [-0.25, -0.2) is 15.0 Å². The zero-order valence-corrected chi connectivity index (χ0v) is 40.8. The van der Waals surface area contributed by atoms with Gasteiger partial charge in [0.05, 0.1) is 34.2 Å². The molecule has 0 saturated carbocycles. The number of nitrogens with zero attached hydrogens (tertiary/aromatic N) is 4. The Hall–Kier alpha value is -5.00. The fourth-order valence-corrected chi connectivity index (χ4v) is 8.99. The van der Waals surface area contributed by atoms with Crippen LogP contribution in [0.1, 0.15) is 170 Å². The fourth-order valence-electron chi connectivity index (χ4n) is 8.99. The molecule has 7 heteroatoms. The van der Waals surface area contributed by atoms with Crippen molar-refractivity contribution in [2.45, 2.75) is 142 Å². The number of fused-ring (bicyclic) bond motifs is 5. The third-order valence-electron chi connectivity index (χ3n) is 12.6. The summed E-state index contributed by atoms with van der Waals surface area (Å²) in [5.41, 5.74) is 12.8. The first-order chi connectivity index (χ1) is 30.6. The van der Waals surface area contributed by atoms with Crippen molar-refractivity contribution in [2.24, 2.45) is 15.0 Å². The molecule has 0 unspecified atom stereocenters. The normalized spacial score (nSPS) is 15.3. The number of allylic oxidation sites excluding steroid dienone is 9. The summed E-state index contributed by atoms with van der Waals surface area (Å²) in [7, 11) is 0. The minimum atomic E-state index is 0. The van der Waals surface area contributed by atoms with Gasteiger partial charge in [-0.15, -0.1) is 17.6 Å². The van der Waals surface area contributed by atoms with Crippen LogP contribution in [0.5, 0.6) is 0 Å². The summed E-state index contributed by atoms with van der Waals surface area (Å²) in [5, 5.41) is 13.2. The van der Waals surface area contributed by atoms with E-state index in [9.17, 15) is 9.90 Å². The number of carbonyl (C=O) groups excluding carboxylic acids is 1. The van der Waals surface area contributed by atoms with Crippen molar-refractivity contribution in [2.75, 3.05) is 0 Å². The van der Waals surface area contributed by atoms with E-state index in [-0.39, 0.29) is 19.5 Å². The van der Waals surface area contributed by atoms with Gasteiger partial charge in [-0.1, -0.05) is 177 Å². The van der Waals surface area contributed by atoms with E-state index in [1.54, 1.807) is 0 Å². The number of aldehydes is 1. The second kappa shape index (κ2) is 24.7. The van der Waals surface area contributed by atoms with Crippen molar-refractivity contribution in [1.29, 1.82) is 0 Å². The minimum Gasteiger partial charge on any atom is -0.877 e. The predicted octanol–water partition coefficient (Wildman–Crippen LogP) is 12.1. The summed E-state index contributed by atoms with van der Waals surface area (Å²) >= 11 is 0. The number of hydrogen-bond acceptors (Lipinski definition) is 5. The summed E-state index contributed by atoms with van der Waals surface area (Å²) in [6.45, 7) is 4.55. The van der Waals surface area contributed by atoms with E-state index >= 15 is 0 Å². The molecule has 4 aliphatic heterocycles. The summed E-state index contributed by atoms with van der Waals surface area (Å²) in [5.74, 6) is 0. The van der Waals surface area contributed by atoms with E-state index < -0.39 is 0 Å². The largest absolute Gasteiger partial charge is 2.00 e. The van der Waals surface area contributed by atoms with Crippen LogP contribution in [0.25, 0.3) is 28.6 Å². The molecule has 7 rings (SSSR count). The van der Waals surface area contributed by atoms with Gasteiger partial charge >= 0.3 is 19.5 Å². The summed E-state index contributed by atoms with van der Waals surface area (Å²) in [6, 6.07) is 19.7. The van der Waals surface area contributed by atoms with Gasteiger partial charge in [0.1, 0.15) is 6.29 Å². The Balaban J connectivity index is 0.00000661. The molecule has 3 aromatic rings. The van der Waals surface area contributed by atoms with E-state index in [1.807, 2.05) is 48.5 Å². The molecule has 0 saturated heterocycles. The van der Waals surface area contributed by atoms with Crippen molar-refractivity contribution in [3.63, 3.8) is 0 Å². The molecule has 2 aromatic carbocycles. The predicted molar refractivity (Wildman–Crippen MR) is 259 cm³/mol. The molecule has 4 aliphatic rings. The van der Waals surface area contributed by atoms with Crippen LogP contribution in [0, 0.1) is 0 Å². The van der Waals surface area contributed by atoms with Crippen LogP contribution in [-0.4, -0.2) is 23.4 Å². The minimum absolute atomic E-state index is 0. The van der Waals surface area contributed by atoms with Gasteiger partial charge < -0.3 is 10.1 Å². The standard InChI is InChI=1S/C56H66N4O2.Zn/c1-3-5-7-9-11-13-15-17-19-21-45-47-31-32-48(57-47)46(22-20-18-16-14-12-10-8-6-4-2)50-34-36-52(59-50)56(44-29-25-42(40-62)26-30-44)54-38-37-53(60-54)55(51-35-33-49(45)58-51)43-27-23-41(39-61)24-28-43;/h23-40H,3-22H2,1-2H3,(H2,57,58,59,60,61,62);/q;+2/p-2. The van der Waals surface area contributed by atoms with Crippen LogP contribution in [0.2, 0.25) is 0 Å². The summed E-state index contributed by atoms with van der Waals surface area (Å²) in [6.07, 6.45) is 39.1. The molecule has 6 nitrogen and oxygen atoms in total. The molecule has 0 spiro atoms. The number of benzene rings is 2. The molecule has 63 heavy (non-hydrogen) atoms. The summed E-state index contributed by atoms with van der Waals surface area (Å²) < 4.78 is 0. The molecule has 0 atom stereocenters. The van der Waals surface area contributed by atoms with Gasteiger partial charge in [0.2, 0.25) is 0 Å². The van der Waals surface area contributed by atoms with Gasteiger partial charge in [-0.05, 0) is 89.3 Å². The van der Waals surface area contributed by atoms with Crippen molar-refractivity contribution in [3.05, 3.63) is 147 Å². The molecule has 5 heterocycles. The van der Waals surface area contributed by atoms with E-state index in [2.05, 4.69) is 62.4 Å². The number of unbranched alkanes of at least 4 members (excludes halogenated alkanes) is 16. The Morgan fingerprint density at radius 2 is 0.921 bits per heavy atom. The van der Waals surface area contributed by atoms with Crippen LogP contribution in [-0.2, 0) is 19.5 Å². The summed E-state index contributed by atoms with van der Waals surface area (Å²) in [4.78, 5) is 33.3. The molecule has 0 amide bonds. The van der Waals surface area contributed by atoms with E-state index in [1.165, 1.54) is 114 Å². The van der Waals surface area contributed by atoms with Crippen LogP contribution >= 0.6 is 0 Å². The number of hydrogen-bond donors (Lipinski definition) is 0. The van der Waals surface area contributed by atoms with Gasteiger partial charge in [0, 0.05) is 16.7 Å². The number of carbonyl (C=O) groups is 1. The first-order valence-electron chi connectivity index (χ1n) is 23.7. The maximum absolute atomic E-state index is 11.7. The molecule has 0 fully saturated rings. The second-order valence-electron chi connectivity index (χ2n) is 17.2. The third kappa shape index (κ3) is 12.6. The van der Waals surface area contributed by atoms with Crippen molar-refractivity contribution in [3.8, 4) is 0 Å². The third-order valence-corrected chi connectivity index (χ3v) is 12.6. The maximum atomic E-state index is 11.7. The fraction of sp³-hybridized carbons (Fsp3) is 0.393. The number of rotatable bonds is 22. The molecule has 1 aromatic heterocycles.